The molecule has 2 aromatic heterocycles. The van der Waals surface area contributed by atoms with Gasteiger partial charge in [-0.25, -0.2) is 10.1 Å². The molecule has 0 saturated carbocycles. The molecule has 0 spiro atoms. The van der Waals surface area contributed by atoms with Gasteiger partial charge in [-0.1, -0.05) is 29.8 Å². The van der Waals surface area contributed by atoms with Crippen LogP contribution in [0.5, 0.6) is 0 Å². The van der Waals surface area contributed by atoms with Crippen molar-refractivity contribution in [1.29, 1.82) is 0 Å². The predicted molar refractivity (Wildman–Crippen MR) is 113 cm³/mol. The molecule has 0 unspecified atom stereocenters. The number of hydrazone groups is 1. The number of amides is 1. The lowest BCUT2D eigenvalue weighted by Gasteiger charge is -2.00. The highest BCUT2D eigenvalue weighted by Gasteiger charge is 2.11. The van der Waals surface area contributed by atoms with Crippen molar-refractivity contribution in [3.8, 4) is 16.9 Å². The van der Waals surface area contributed by atoms with Crippen LogP contribution in [0.15, 0.2) is 90.4 Å². The third-order valence-electron chi connectivity index (χ3n) is 4.17. The largest absolute Gasteiger partial charge is 0.271 e. The average molecular weight is 402 g/mol. The van der Waals surface area contributed by atoms with E-state index in [0.717, 1.165) is 16.8 Å². The van der Waals surface area contributed by atoms with Crippen molar-refractivity contribution < 1.29 is 4.79 Å². The van der Waals surface area contributed by atoms with Crippen LogP contribution in [0.4, 0.5) is 0 Å². The second kappa shape index (κ2) is 8.50. The topological polar surface area (TPSA) is 72.2 Å². The van der Waals surface area contributed by atoms with Crippen molar-refractivity contribution in [1.82, 2.24) is 20.2 Å². The molecule has 2 heterocycles. The first-order chi connectivity index (χ1) is 14.2. The summed E-state index contributed by atoms with van der Waals surface area (Å²) in [7, 11) is 0. The van der Waals surface area contributed by atoms with Gasteiger partial charge in [0.15, 0.2) is 0 Å². The molecule has 1 N–H and O–H groups in total. The van der Waals surface area contributed by atoms with E-state index < -0.39 is 0 Å². The molecule has 0 radical (unpaired) electrons. The fraction of sp³-hybridized carbons (Fsp3) is 0. The molecule has 0 saturated heterocycles. The lowest BCUT2D eigenvalue weighted by Crippen LogP contribution is -2.17. The lowest BCUT2D eigenvalue weighted by atomic mass is 10.1. The van der Waals surface area contributed by atoms with Gasteiger partial charge in [0.2, 0.25) is 0 Å². The zero-order chi connectivity index (χ0) is 20.1. The van der Waals surface area contributed by atoms with E-state index in [1.54, 1.807) is 47.6 Å². The number of carbonyl (C=O) groups excluding carboxylic acids is 1. The van der Waals surface area contributed by atoms with E-state index in [0.29, 0.717) is 16.3 Å². The van der Waals surface area contributed by atoms with E-state index >= 15 is 0 Å². The van der Waals surface area contributed by atoms with Gasteiger partial charge in [-0.15, -0.1) is 0 Å². The molecule has 142 valence electrons. The Morgan fingerprint density at radius 1 is 1.03 bits per heavy atom. The van der Waals surface area contributed by atoms with E-state index in [2.05, 4.69) is 20.6 Å². The predicted octanol–water partition coefficient (Wildman–Crippen LogP) is 4.35. The molecule has 0 aliphatic heterocycles. The summed E-state index contributed by atoms with van der Waals surface area (Å²) < 4.78 is 1.77. The number of pyridine rings is 1. The third kappa shape index (κ3) is 4.39. The number of hydrogen-bond donors (Lipinski definition) is 1. The summed E-state index contributed by atoms with van der Waals surface area (Å²) in [5.74, 6) is -0.323. The van der Waals surface area contributed by atoms with Crippen LogP contribution in [0, 0.1) is 0 Å². The Bertz CT molecular complexity index is 1140. The molecular formula is C22H16ClN5O. The van der Waals surface area contributed by atoms with Crippen molar-refractivity contribution in [2.45, 2.75) is 0 Å². The molecule has 2 aromatic carbocycles. The first-order valence-corrected chi connectivity index (χ1v) is 9.23. The summed E-state index contributed by atoms with van der Waals surface area (Å²) in [6, 6.07) is 20.1. The number of carbonyl (C=O) groups is 1. The molecule has 0 aliphatic carbocycles. The van der Waals surface area contributed by atoms with Gasteiger partial charge in [-0.2, -0.15) is 10.2 Å². The van der Waals surface area contributed by atoms with E-state index in [1.807, 2.05) is 48.7 Å². The van der Waals surface area contributed by atoms with Crippen LogP contribution >= 0.6 is 11.6 Å². The van der Waals surface area contributed by atoms with E-state index in [4.69, 9.17) is 11.6 Å². The first kappa shape index (κ1) is 18.6. The molecule has 6 nitrogen and oxygen atoms in total. The SMILES string of the molecule is O=C(NN=Cc1cn(-c2ccccc2)nc1-c1cccnc1)c1ccc(Cl)cc1. The summed E-state index contributed by atoms with van der Waals surface area (Å²) in [5, 5.41) is 9.35. The van der Waals surface area contributed by atoms with Crippen LogP contribution in [0.1, 0.15) is 15.9 Å². The molecule has 0 atom stereocenters. The number of hydrogen-bond acceptors (Lipinski definition) is 4. The summed E-state index contributed by atoms with van der Waals surface area (Å²) in [6.07, 6.45) is 6.87. The van der Waals surface area contributed by atoms with Gasteiger partial charge < -0.3 is 0 Å². The second-order valence-corrected chi connectivity index (χ2v) is 6.60. The van der Waals surface area contributed by atoms with Gasteiger partial charge in [0.05, 0.1) is 11.9 Å². The standard InChI is InChI=1S/C22H16ClN5O/c23-19-10-8-16(9-11-19)22(29)26-25-14-18-15-28(20-6-2-1-3-7-20)27-21(18)17-5-4-12-24-13-17/h1-15H,(H,26,29). The number of para-hydroxylation sites is 1. The third-order valence-corrected chi connectivity index (χ3v) is 4.43. The second-order valence-electron chi connectivity index (χ2n) is 6.16. The molecule has 4 rings (SSSR count). The molecule has 0 bridgehead atoms. The van der Waals surface area contributed by atoms with Crippen molar-refractivity contribution in [2.75, 3.05) is 0 Å². The first-order valence-electron chi connectivity index (χ1n) is 8.85. The molecular weight excluding hydrogens is 386 g/mol. The zero-order valence-electron chi connectivity index (χ0n) is 15.2. The van der Waals surface area contributed by atoms with Crippen molar-refractivity contribution >= 4 is 23.7 Å². The quantitative estimate of drug-likeness (QED) is 0.399. The van der Waals surface area contributed by atoms with Crippen LogP contribution in [-0.4, -0.2) is 26.9 Å². The Morgan fingerprint density at radius 2 is 1.83 bits per heavy atom. The fourth-order valence-electron chi connectivity index (χ4n) is 2.75. The van der Waals surface area contributed by atoms with Crippen LogP contribution in [0.3, 0.4) is 0 Å². The Kier molecular flexibility index (Phi) is 5.45. The highest BCUT2D eigenvalue weighted by Crippen LogP contribution is 2.21. The van der Waals surface area contributed by atoms with Crippen molar-refractivity contribution in [3.63, 3.8) is 0 Å². The fourth-order valence-corrected chi connectivity index (χ4v) is 2.87. The monoisotopic (exact) mass is 401 g/mol. The minimum Gasteiger partial charge on any atom is -0.267 e. The van der Waals surface area contributed by atoms with Crippen LogP contribution in [0.2, 0.25) is 5.02 Å². The van der Waals surface area contributed by atoms with Gasteiger partial charge >= 0.3 is 0 Å². The maximum atomic E-state index is 12.2. The smallest absolute Gasteiger partial charge is 0.267 e. The van der Waals surface area contributed by atoms with Gasteiger partial charge in [-0.05, 0) is 48.5 Å². The number of nitrogens with one attached hydrogen (secondary N) is 1. The molecule has 1 amide bonds. The van der Waals surface area contributed by atoms with Gasteiger partial charge in [0, 0.05) is 40.3 Å². The summed E-state index contributed by atoms with van der Waals surface area (Å²) >= 11 is 5.85. The van der Waals surface area contributed by atoms with Gasteiger partial charge in [0.1, 0.15) is 5.69 Å². The van der Waals surface area contributed by atoms with Gasteiger partial charge in [-0.3, -0.25) is 9.78 Å². The maximum absolute atomic E-state index is 12.2. The van der Waals surface area contributed by atoms with Crippen LogP contribution < -0.4 is 5.43 Å². The van der Waals surface area contributed by atoms with Crippen LogP contribution in [0.25, 0.3) is 16.9 Å². The van der Waals surface area contributed by atoms with Gasteiger partial charge in [0.25, 0.3) is 5.91 Å². The summed E-state index contributed by atoms with van der Waals surface area (Å²) in [6.45, 7) is 0. The van der Waals surface area contributed by atoms with Crippen molar-refractivity contribution in [2.24, 2.45) is 5.10 Å². The summed E-state index contributed by atoms with van der Waals surface area (Å²) in [5.41, 5.74) is 6.24. The molecule has 0 aliphatic rings. The molecule has 4 aromatic rings. The average Bonchev–Trinajstić information content (AvgIpc) is 3.19. The number of nitrogens with zero attached hydrogens (tertiary/aromatic N) is 4. The number of rotatable bonds is 5. The normalized spacial score (nSPS) is 10.9. The Labute approximate surface area is 172 Å². The van der Waals surface area contributed by atoms with E-state index in [9.17, 15) is 4.79 Å². The highest BCUT2D eigenvalue weighted by atomic mass is 35.5. The minimum absolute atomic E-state index is 0.323. The minimum atomic E-state index is -0.323. The summed E-state index contributed by atoms with van der Waals surface area (Å²) in [4.78, 5) is 16.4. The Hall–Kier alpha value is -3.77. The molecule has 0 fully saturated rings. The maximum Gasteiger partial charge on any atom is 0.271 e. The Balaban J connectivity index is 1.61. The Morgan fingerprint density at radius 3 is 2.55 bits per heavy atom. The zero-order valence-corrected chi connectivity index (χ0v) is 16.0. The van der Waals surface area contributed by atoms with E-state index in [-0.39, 0.29) is 5.91 Å². The highest BCUT2D eigenvalue weighted by molar-refractivity contribution is 6.30. The van der Waals surface area contributed by atoms with Crippen LogP contribution in [-0.2, 0) is 0 Å². The number of aromatic nitrogens is 3. The number of benzene rings is 2. The molecule has 7 heteroatoms. The van der Waals surface area contributed by atoms with Crippen molar-refractivity contribution in [3.05, 3.63) is 101 Å². The lowest BCUT2D eigenvalue weighted by molar-refractivity contribution is 0.0955. The molecule has 29 heavy (non-hydrogen) atoms. The van der Waals surface area contributed by atoms with E-state index in [1.165, 1.54) is 0 Å². The number of halogens is 1.